The molecule has 0 radical (unpaired) electrons. The van der Waals surface area contributed by atoms with Crippen molar-refractivity contribution < 1.29 is 28.7 Å². The van der Waals surface area contributed by atoms with Gasteiger partial charge in [0.25, 0.3) is 0 Å². The summed E-state index contributed by atoms with van der Waals surface area (Å²) >= 11 is 0. The van der Waals surface area contributed by atoms with Gasteiger partial charge in [0.05, 0.1) is 42.7 Å². The van der Waals surface area contributed by atoms with Gasteiger partial charge in [-0.3, -0.25) is 24.1 Å². The predicted octanol–water partition coefficient (Wildman–Crippen LogP) is 6.54. The average molecular weight is 723 g/mol. The normalized spacial score (nSPS) is 20.0. The Labute approximate surface area is 312 Å². The van der Waals surface area contributed by atoms with E-state index in [1.807, 2.05) is 39.8 Å². The van der Waals surface area contributed by atoms with Gasteiger partial charge < -0.3 is 24.2 Å². The molecule has 9 atom stereocenters. The Kier molecular flexibility index (Phi) is 19.9. The highest BCUT2D eigenvalue weighted by molar-refractivity contribution is 5.90. The fourth-order valence-corrected chi connectivity index (χ4v) is 8.27. The predicted molar refractivity (Wildman–Crippen MR) is 207 cm³/mol. The second-order valence-corrected chi connectivity index (χ2v) is 16.5. The highest BCUT2D eigenvalue weighted by atomic mass is 16.5. The first kappa shape index (κ1) is 47.0. The van der Waals surface area contributed by atoms with E-state index in [9.17, 15) is 19.2 Å². The summed E-state index contributed by atoms with van der Waals surface area (Å²) in [6, 6.07) is -0.747. The van der Waals surface area contributed by atoms with Crippen molar-refractivity contribution in [1.82, 2.24) is 19.6 Å². The number of methoxy groups -OCH3 is 2. The maximum atomic E-state index is 14.1. The van der Waals surface area contributed by atoms with Crippen LogP contribution in [0.2, 0.25) is 0 Å². The molecule has 3 amide bonds. The van der Waals surface area contributed by atoms with Gasteiger partial charge in [0, 0.05) is 59.8 Å². The molecule has 10 heteroatoms. The number of Topliss-reactive ketones (excluding diaryl/α,β-unsaturated/α-hetero) is 1. The Bertz CT molecular complexity index is 1100. The second-order valence-electron chi connectivity index (χ2n) is 16.5. The number of amides is 3. The third-order valence-corrected chi connectivity index (χ3v) is 12.5. The van der Waals surface area contributed by atoms with E-state index in [2.05, 4.69) is 60.3 Å². The van der Waals surface area contributed by atoms with Crippen LogP contribution in [0.4, 0.5) is 0 Å². The van der Waals surface area contributed by atoms with Gasteiger partial charge in [-0.1, -0.05) is 75.7 Å². The molecule has 0 unspecified atom stereocenters. The minimum absolute atomic E-state index is 0.0154. The van der Waals surface area contributed by atoms with Gasteiger partial charge >= 0.3 is 0 Å². The van der Waals surface area contributed by atoms with Crippen LogP contribution in [0.3, 0.4) is 0 Å². The van der Waals surface area contributed by atoms with E-state index in [1.165, 1.54) is 0 Å². The minimum Gasteiger partial charge on any atom is -0.379 e. The molecule has 51 heavy (non-hydrogen) atoms. The van der Waals surface area contributed by atoms with Gasteiger partial charge in [0.2, 0.25) is 17.7 Å². The van der Waals surface area contributed by atoms with Crippen molar-refractivity contribution in [3.8, 4) is 0 Å². The lowest BCUT2D eigenvalue weighted by Crippen LogP contribution is -2.54. The van der Waals surface area contributed by atoms with Crippen molar-refractivity contribution in [2.24, 2.45) is 29.1 Å². The molecule has 0 aromatic carbocycles. The molecule has 0 bridgehead atoms. The molecule has 298 valence electrons. The number of likely N-dealkylation sites (tertiary alicyclic amines) is 1. The summed E-state index contributed by atoms with van der Waals surface area (Å²) in [7, 11) is 8.88. The molecule has 0 aromatic heterocycles. The summed E-state index contributed by atoms with van der Waals surface area (Å²) in [6.07, 6.45) is 4.59. The number of ether oxygens (including phenoxy) is 2. The van der Waals surface area contributed by atoms with E-state index in [0.29, 0.717) is 6.54 Å². The summed E-state index contributed by atoms with van der Waals surface area (Å²) in [5, 5.41) is 0. The van der Waals surface area contributed by atoms with Crippen LogP contribution in [0.5, 0.6) is 0 Å². The zero-order chi connectivity index (χ0) is 39.4. The van der Waals surface area contributed by atoms with Crippen molar-refractivity contribution >= 4 is 23.5 Å². The van der Waals surface area contributed by atoms with Crippen molar-refractivity contribution in [3.05, 3.63) is 0 Å². The van der Waals surface area contributed by atoms with Gasteiger partial charge in [-0.05, 0) is 63.3 Å². The number of ketones is 1. The molecule has 1 aliphatic rings. The third kappa shape index (κ3) is 12.2. The first-order valence-corrected chi connectivity index (χ1v) is 19.9. The summed E-state index contributed by atoms with van der Waals surface area (Å²) < 4.78 is 12.0. The summed E-state index contributed by atoms with van der Waals surface area (Å²) in [5.41, 5.74) is 0.124. The molecule has 1 rings (SSSR count). The largest absolute Gasteiger partial charge is 0.379 e. The van der Waals surface area contributed by atoms with E-state index in [-0.39, 0.29) is 77.8 Å². The number of carbonyl (C=O) groups is 4. The molecule has 1 saturated heterocycles. The Morgan fingerprint density at radius 2 is 1.41 bits per heavy atom. The highest BCUT2D eigenvalue weighted by Gasteiger charge is 2.43. The summed E-state index contributed by atoms with van der Waals surface area (Å²) in [5.74, 6) is -0.838. The van der Waals surface area contributed by atoms with Crippen LogP contribution in [-0.2, 0) is 28.7 Å². The van der Waals surface area contributed by atoms with Crippen LogP contribution in [-0.4, -0.2) is 128 Å². The SMILES string of the molecule is CC[C@@H](C)N(C)C(=O)[C@H](C)[C@@H](OC)[C@@H]1CCCN1C(=O)C[C@@H](OC)[C@H]([C@@H](C)CC)N(C)C(=O)[C@H](C)CC(=O)[C@H](C(C)C)N(C)CC(C)(CC)CC. The van der Waals surface area contributed by atoms with Crippen LogP contribution >= 0.6 is 0 Å². The van der Waals surface area contributed by atoms with E-state index in [0.717, 1.165) is 45.1 Å². The molecule has 1 fully saturated rings. The number of carbonyl (C=O) groups excluding carboxylic acids is 4. The molecule has 0 spiro atoms. The van der Waals surface area contributed by atoms with Gasteiger partial charge in [0.15, 0.2) is 5.78 Å². The second kappa shape index (κ2) is 21.6. The molecule has 0 aromatic rings. The number of hydrogen-bond acceptors (Lipinski definition) is 7. The lowest BCUT2D eigenvalue weighted by atomic mass is 9.82. The lowest BCUT2D eigenvalue weighted by molar-refractivity contribution is -0.149. The standard InChI is InChI=1S/C41H78N4O6/c1-17-28(7)37(44(14)39(48)29(8)24-33(46)36(27(5)6)42(12)26-41(11,19-3)20-4)34(50-15)25-35(47)45-23-21-22-32(45)38(51-16)31(10)40(49)43(13)30(9)18-2/h27-32,34,36-38H,17-26H2,1-16H3/t28-,29+,30+,31+,32-,34+,36-,37-,38+/m0/s1. The molecular formula is C41H78N4O6. The van der Waals surface area contributed by atoms with Crippen LogP contribution in [0.15, 0.2) is 0 Å². The van der Waals surface area contributed by atoms with E-state index in [4.69, 9.17) is 9.47 Å². The first-order valence-electron chi connectivity index (χ1n) is 19.9. The highest BCUT2D eigenvalue weighted by Crippen LogP contribution is 2.31. The van der Waals surface area contributed by atoms with Gasteiger partial charge in [-0.2, -0.15) is 0 Å². The number of hydrogen-bond donors (Lipinski definition) is 0. The quantitative estimate of drug-likeness (QED) is 0.118. The Morgan fingerprint density at radius 3 is 1.88 bits per heavy atom. The monoisotopic (exact) mass is 723 g/mol. The molecule has 10 nitrogen and oxygen atoms in total. The van der Waals surface area contributed by atoms with Crippen molar-refractivity contribution in [1.29, 1.82) is 0 Å². The summed E-state index contributed by atoms with van der Waals surface area (Å²) in [4.78, 5) is 63.0. The number of likely N-dealkylation sites (N-methyl/N-ethyl adjacent to an activating group) is 2. The van der Waals surface area contributed by atoms with Crippen LogP contribution < -0.4 is 0 Å². The van der Waals surface area contributed by atoms with Crippen LogP contribution in [0.1, 0.15) is 128 Å². The zero-order valence-electron chi connectivity index (χ0n) is 35.6. The Hall–Kier alpha value is -2.04. The third-order valence-electron chi connectivity index (χ3n) is 12.5. The van der Waals surface area contributed by atoms with E-state index in [1.54, 1.807) is 31.1 Å². The van der Waals surface area contributed by atoms with Crippen LogP contribution in [0, 0.1) is 29.1 Å². The van der Waals surface area contributed by atoms with Gasteiger partial charge in [-0.25, -0.2) is 0 Å². The Balaban J connectivity index is 3.20. The molecule has 0 saturated carbocycles. The fraction of sp³-hybridized carbons (Fsp3) is 0.902. The number of rotatable bonds is 23. The fourth-order valence-electron chi connectivity index (χ4n) is 8.27. The van der Waals surface area contributed by atoms with Gasteiger partial charge in [-0.15, -0.1) is 0 Å². The van der Waals surface area contributed by atoms with Crippen molar-refractivity contribution in [2.45, 2.75) is 164 Å². The molecule has 1 heterocycles. The minimum atomic E-state index is -0.544. The van der Waals surface area contributed by atoms with Crippen molar-refractivity contribution in [2.75, 3.05) is 48.5 Å². The van der Waals surface area contributed by atoms with Gasteiger partial charge in [0.1, 0.15) is 0 Å². The zero-order valence-corrected chi connectivity index (χ0v) is 35.6. The van der Waals surface area contributed by atoms with E-state index < -0.39 is 24.0 Å². The van der Waals surface area contributed by atoms with E-state index >= 15 is 0 Å². The maximum absolute atomic E-state index is 14.1. The average Bonchev–Trinajstić information content (AvgIpc) is 3.59. The smallest absolute Gasteiger partial charge is 0.228 e. The molecule has 0 aliphatic carbocycles. The first-order chi connectivity index (χ1) is 23.8. The molecule has 1 aliphatic heterocycles. The Morgan fingerprint density at radius 1 is 0.824 bits per heavy atom. The maximum Gasteiger partial charge on any atom is 0.228 e. The topological polar surface area (TPSA) is 99.7 Å². The van der Waals surface area contributed by atoms with Crippen molar-refractivity contribution in [3.63, 3.8) is 0 Å². The van der Waals surface area contributed by atoms with Crippen LogP contribution in [0.25, 0.3) is 0 Å². The summed E-state index contributed by atoms with van der Waals surface area (Å²) in [6.45, 7) is 24.2. The lowest BCUT2D eigenvalue weighted by Gasteiger charge is -2.40. The molecule has 0 N–H and O–H groups in total. The molecular weight excluding hydrogens is 644 g/mol. The number of nitrogens with zero attached hydrogens (tertiary/aromatic N) is 4.